The van der Waals surface area contributed by atoms with Crippen LogP contribution in [0.2, 0.25) is 0 Å². The number of primary amides is 2. The van der Waals surface area contributed by atoms with Gasteiger partial charge < -0.3 is 32.5 Å². The molecule has 2 unspecified atom stereocenters. The molecule has 11 nitrogen and oxygen atoms in total. The Morgan fingerprint density at radius 1 is 0.952 bits per heavy atom. The van der Waals surface area contributed by atoms with Gasteiger partial charge in [0.15, 0.2) is 0 Å². The van der Waals surface area contributed by atoms with E-state index in [-0.39, 0.29) is 37.1 Å². The van der Waals surface area contributed by atoms with Crippen LogP contribution in [-0.2, 0) is 30.4 Å². The zero-order chi connectivity index (χ0) is 32.8. The van der Waals surface area contributed by atoms with Crippen molar-refractivity contribution in [2.24, 2.45) is 23.3 Å². The number of hydrogen-bond donors (Lipinski definition) is 6. The molecule has 242 valence electrons. The minimum Gasteiger partial charge on any atom is -0.481 e. The lowest BCUT2D eigenvalue weighted by atomic mass is 10.0. The Balaban J connectivity index is -0.000000616. The van der Waals surface area contributed by atoms with E-state index in [1.807, 2.05) is 13.0 Å². The fourth-order valence-electron chi connectivity index (χ4n) is 3.39. The third kappa shape index (κ3) is 34.6. The molecule has 0 aliphatic carbocycles. The van der Waals surface area contributed by atoms with Gasteiger partial charge in [0.2, 0.25) is 24.1 Å². The number of likely N-dealkylation sites (N-methyl/N-ethyl adjacent to an activating group) is 1. The molecule has 4 amide bonds. The Hall–Kier alpha value is -3.47. The van der Waals surface area contributed by atoms with Gasteiger partial charge in [0.1, 0.15) is 0 Å². The van der Waals surface area contributed by atoms with E-state index in [1.54, 1.807) is 0 Å². The summed E-state index contributed by atoms with van der Waals surface area (Å²) in [6, 6.07) is 10.5. The number of aliphatic carboxylic acids is 1. The lowest BCUT2D eigenvalue weighted by Crippen LogP contribution is -2.45. The highest BCUT2D eigenvalue weighted by molar-refractivity contribution is 5.78. The molecule has 0 spiro atoms. The van der Waals surface area contributed by atoms with Crippen LogP contribution in [0.5, 0.6) is 0 Å². The van der Waals surface area contributed by atoms with Crippen molar-refractivity contribution < 1.29 is 29.1 Å². The van der Waals surface area contributed by atoms with Crippen LogP contribution in [0, 0.1) is 11.8 Å². The van der Waals surface area contributed by atoms with Crippen molar-refractivity contribution in [3.63, 3.8) is 0 Å². The smallest absolute Gasteiger partial charge is 0.303 e. The monoisotopic (exact) mass is 595 g/mol. The van der Waals surface area contributed by atoms with E-state index < -0.39 is 11.9 Å². The number of rotatable bonds is 17. The van der Waals surface area contributed by atoms with Crippen LogP contribution in [-0.4, -0.2) is 60.9 Å². The molecule has 0 aliphatic rings. The first kappa shape index (κ1) is 43.0. The largest absolute Gasteiger partial charge is 0.481 e. The van der Waals surface area contributed by atoms with Crippen LogP contribution in [0.4, 0.5) is 0 Å². The van der Waals surface area contributed by atoms with Crippen LogP contribution >= 0.6 is 0 Å². The van der Waals surface area contributed by atoms with Gasteiger partial charge in [-0.2, -0.15) is 0 Å². The van der Waals surface area contributed by atoms with Gasteiger partial charge in [-0.05, 0) is 50.0 Å². The number of carbonyl (C=O) groups excluding carboxylic acids is 4. The summed E-state index contributed by atoms with van der Waals surface area (Å²) in [7, 11) is 0. The molecule has 1 aromatic rings. The summed E-state index contributed by atoms with van der Waals surface area (Å²) in [5.74, 6) is -0.136. The zero-order valence-corrected chi connectivity index (χ0v) is 26.6. The van der Waals surface area contributed by atoms with E-state index in [2.05, 4.69) is 80.6 Å². The van der Waals surface area contributed by atoms with E-state index in [9.17, 15) is 19.2 Å². The highest BCUT2D eigenvalue weighted by Gasteiger charge is 2.15. The Kier molecular flexibility index (Phi) is 31.2. The molecule has 2 atom stereocenters. The predicted octanol–water partition coefficient (Wildman–Crippen LogP) is 3.15. The van der Waals surface area contributed by atoms with Crippen molar-refractivity contribution >= 4 is 30.1 Å². The number of carboxylic acid groups (broad SMARTS) is 1. The molecule has 0 heterocycles. The van der Waals surface area contributed by atoms with Crippen LogP contribution in [0.15, 0.2) is 30.3 Å². The summed E-state index contributed by atoms with van der Waals surface area (Å²) in [5, 5.41) is 17.1. The third-order valence-electron chi connectivity index (χ3n) is 5.80. The average Bonchev–Trinajstić information content (AvgIpc) is 2.92. The van der Waals surface area contributed by atoms with Gasteiger partial charge in [-0.15, -0.1) is 0 Å². The highest BCUT2D eigenvalue weighted by atomic mass is 16.4. The van der Waals surface area contributed by atoms with E-state index in [0.717, 1.165) is 25.7 Å². The van der Waals surface area contributed by atoms with Crippen molar-refractivity contribution in [3.05, 3.63) is 35.9 Å². The summed E-state index contributed by atoms with van der Waals surface area (Å²) in [6.45, 7) is 14.2. The molecule has 11 heteroatoms. The summed E-state index contributed by atoms with van der Waals surface area (Å²) >= 11 is 0. The van der Waals surface area contributed by atoms with Gasteiger partial charge in [0.05, 0.1) is 6.54 Å². The van der Waals surface area contributed by atoms with E-state index >= 15 is 0 Å². The molecule has 42 heavy (non-hydrogen) atoms. The lowest BCUT2D eigenvalue weighted by Gasteiger charge is -2.21. The maximum absolute atomic E-state index is 12.0. The second-order valence-corrected chi connectivity index (χ2v) is 10.2. The Morgan fingerprint density at radius 3 is 1.98 bits per heavy atom. The topological polar surface area (TPSA) is 194 Å². The molecule has 0 saturated carbocycles. The fourth-order valence-corrected chi connectivity index (χ4v) is 3.39. The number of carbonyl (C=O) groups is 5. The van der Waals surface area contributed by atoms with Gasteiger partial charge in [-0.1, -0.05) is 71.4 Å². The van der Waals surface area contributed by atoms with Crippen LogP contribution in [0.1, 0.15) is 92.1 Å². The van der Waals surface area contributed by atoms with E-state index in [1.165, 1.54) is 5.56 Å². The van der Waals surface area contributed by atoms with Gasteiger partial charge in [-0.25, -0.2) is 0 Å². The first-order chi connectivity index (χ1) is 19.9. The second kappa shape index (κ2) is 30.5. The van der Waals surface area contributed by atoms with Gasteiger partial charge >= 0.3 is 5.97 Å². The van der Waals surface area contributed by atoms with Gasteiger partial charge in [0, 0.05) is 38.4 Å². The van der Waals surface area contributed by atoms with Crippen molar-refractivity contribution in [1.29, 1.82) is 0 Å². The maximum atomic E-state index is 12.0. The molecule has 0 fully saturated rings. The Morgan fingerprint density at radius 2 is 1.55 bits per heavy atom. The van der Waals surface area contributed by atoms with Crippen molar-refractivity contribution in [1.82, 2.24) is 16.0 Å². The molecule has 1 aromatic carbocycles. The molecule has 0 aromatic heterocycles. The summed E-state index contributed by atoms with van der Waals surface area (Å²) < 4.78 is 0. The molecule has 0 radical (unpaired) electrons. The van der Waals surface area contributed by atoms with Crippen molar-refractivity contribution in [3.8, 4) is 0 Å². The SMILES string of the molecule is CCNC(=O)CNCC(CC(C)C)NC(=O)CCC(C)CC.CCc1ccccc1.NC(=O)CCCC(=O)O.NC=O. The lowest BCUT2D eigenvalue weighted by molar-refractivity contribution is -0.137. The summed E-state index contributed by atoms with van der Waals surface area (Å²) in [5.41, 5.74) is 10.3. The van der Waals surface area contributed by atoms with Crippen LogP contribution in [0.3, 0.4) is 0 Å². The number of hydrogen-bond acceptors (Lipinski definition) is 6. The molecular formula is C31H57N5O6. The average molecular weight is 596 g/mol. The number of amides is 4. The van der Waals surface area contributed by atoms with Crippen molar-refractivity contribution in [2.45, 2.75) is 99.0 Å². The molecule has 0 saturated heterocycles. The van der Waals surface area contributed by atoms with Crippen LogP contribution in [0.25, 0.3) is 0 Å². The number of nitrogens with one attached hydrogen (secondary N) is 3. The first-order valence-corrected chi connectivity index (χ1v) is 14.8. The molecular weight excluding hydrogens is 538 g/mol. The second-order valence-electron chi connectivity index (χ2n) is 10.2. The minimum atomic E-state index is -0.892. The minimum absolute atomic E-state index is 0.00565. The summed E-state index contributed by atoms with van der Waals surface area (Å²) in [4.78, 5) is 51.9. The Labute approximate surface area is 253 Å². The quantitative estimate of drug-likeness (QED) is 0.149. The normalized spacial score (nSPS) is 11.1. The number of benzene rings is 1. The van der Waals surface area contributed by atoms with Gasteiger partial charge in [-0.3, -0.25) is 24.0 Å². The zero-order valence-electron chi connectivity index (χ0n) is 26.6. The van der Waals surface area contributed by atoms with Gasteiger partial charge in [0.25, 0.3) is 0 Å². The maximum Gasteiger partial charge on any atom is 0.303 e. The molecule has 0 aliphatic heterocycles. The first-order valence-electron chi connectivity index (χ1n) is 14.8. The molecule has 8 N–H and O–H groups in total. The highest BCUT2D eigenvalue weighted by Crippen LogP contribution is 2.10. The predicted molar refractivity (Wildman–Crippen MR) is 168 cm³/mol. The molecule has 1 rings (SSSR count). The standard InChI is InChI=1S/C17H35N3O2.C8H10.C5H9NO3.CH3NO/c1-6-14(5)8-9-16(21)20-15(10-13(3)4)11-18-12-17(22)19-7-2;1-2-8-6-4-3-5-7-8;6-4(7)2-1-3-5(8)9;2-1-3/h13-15,18H,6-12H2,1-5H3,(H,19,22)(H,20,21);3-7H,2H2,1H3;1-3H2,(H2,6,7)(H,8,9);1H,(H2,2,3). The number of aryl methyl sites for hydroxylation is 1. The summed E-state index contributed by atoms with van der Waals surface area (Å²) in [6.07, 6.45) is 5.44. The van der Waals surface area contributed by atoms with E-state index in [0.29, 0.717) is 44.3 Å². The van der Waals surface area contributed by atoms with E-state index in [4.69, 9.17) is 15.6 Å². The number of carboxylic acids is 1. The number of nitrogens with two attached hydrogens (primary N) is 2. The van der Waals surface area contributed by atoms with Crippen molar-refractivity contribution in [2.75, 3.05) is 19.6 Å². The van der Waals surface area contributed by atoms with Crippen LogP contribution < -0.4 is 27.4 Å². The Bertz CT molecular complexity index is 822. The fraction of sp³-hybridized carbons (Fsp3) is 0.645. The third-order valence-corrected chi connectivity index (χ3v) is 5.80. The molecule has 0 bridgehead atoms.